The van der Waals surface area contributed by atoms with Gasteiger partial charge in [-0.15, -0.1) is 0 Å². The molecule has 1 atom stereocenters. The number of carbonyl (C=O) groups excluding carboxylic acids is 2. The van der Waals surface area contributed by atoms with E-state index in [1.807, 2.05) is 38.1 Å². The molecule has 0 bridgehead atoms. The van der Waals surface area contributed by atoms with Crippen LogP contribution < -0.4 is 10.2 Å². The molecule has 1 saturated heterocycles. The summed E-state index contributed by atoms with van der Waals surface area (Å²) >= 11 is 3.36. The van der Waals surface area contributed by atoms with Crippen LogP contribution >= 0.6 is 15.9 Å². The lowest BCUT2D eigenvalue weighted by atomic mass is 10.1. The van der Waals surface area contributed by atoms with Gasteiger partial charge in [0.05, 0.1) is 5.92 Å². The van der Waals surface area contributed by atoms with E-state index in [1.54, 1.807) is 4.90 Å². The summed E-state index contributed by atoms with van der Waals surface area (Å²) in [5.74, 6) is -0.285. The first-order chi connectivity index (χ1) is 8.97. The maximum absolute atomic E-state index is 12.0. The molecule has 1 fully saturated rings. The molecule has 2 rings (SSSR count). The third kappa shape index (κ3) is 3.35. The van der Waals surface area contributed by atoms with Gasteiger partial charge in [0.25, 0.3) is 0 Å². The molecule has 0 unspecified atom stereocenters. The van der Waals surface area contributed by atoms with Gasteiger partial charge in [0.15, 0.2) is 0 Å². The van der Waals surface area contributed by atoms with Crippen LogP contribution in [0.3, 0.4) is 0 Å². The Kier molecular flexibility index (Phi) is 4.24. The molecule has 19 heavy (non-hydrogen) atoms. The van der Waals surface area contributed by atoms with Crippen LogP contribution in [0.5, 0.6) is 0 Å². The zero-order chi connectivity index (χ0) is 14.0. The van der Waals surface area contributed by atoms with Crippen LogP contribution in [0.2, 0.25) is 0 Å². The molecule has 1 heterocycles. The lowest BCUT2D eigenvalue weighted by Gasteiger charge is -2.17. The van der Waals surface area contributed by atoms with Gasteiger partial charge in [-0.25, -0.2) is 0 Å². The number of benzene rings is 1. The predicted octanol–water partition coefficient (Wildman–Crippen LogP) is 2.33. The van der Waals surface area contributed by atoms with Crippen molar-refractivity contribution < 1.29 is 9.59 Å². The molecule has 0 radical (unpaired) electrons. The van der Waals surface area contributed by atoms with Crippen LogP contribution in [0.15, 0.2) is 28.7 Å². The minimum atomic E-state index is -0.251. The third-order valence-corrected chi connectivity index (χ3v) is 3.59. The average Bonchev–Trinajstić information content (AvgIpc) is 2.72. The van der Waals surface area contributed by atoms with E-state index in [0.29, 0.717) is 6.54 Å². The van der Waals surface area contributed by atoms with Crippen molar-refractivity contribution in [3.8, 4) is 0 Å². The van der Waals surface area contributed by atoms with E-state index in [2.05, 4.69) is 21.2 Å². The van der Waals surface area contributed by atoms with Gasteiger partial charge >= 0.3 is 0 Å². The van der Waals surface area contributed by atoms with Crippen LogP contribution in [-0.2, 0) is 9.59 Å². The zero-order valence-corrected chi connectivity index (χ0v) is 12.6. The molecule has 1 aromatic carbocycles. The number of hydrogen-bond acceptors (Lipinski definition) is 2. The monoisotopic (exact) mass is 324 g/mol. The van der Waals surface area contributed by atoms with Gasteiger partial charge in [-0.3, -0.25) is 9.59 Å². The number of nitrogens with one attached hydrogen (secondary N) is 1. The second-order valence-corrected chi connectivity index (χ2v) is 5.96. The first kappa shape index (κ1) is 14.1. The van der Waals surface area contributed by atoms with Gasteiger partial charge in [0, 0.05) is 29.2 Å². The van der Waals surface area contributed by atoms with Crippen molar-refractivity contribution in [3.05, 3.63) is 28.7 Å². The van der Waals surface area contributed by atoms with E-state index in [1.165, 1.54) is 0 Å². The van der Waals surface area contributed by atoms with Crippen LogP contribution in [0, 0.1) is 5.92 Å². The minimum Gasteiger partial charge on any atom is -0.354 e. The number of rotatable bonds is 3. The number of halogens is 1. The molecule has 0 aliphatic carbocycles. The Labute approximate surface area is 121 Å². The predicted molar refractivity (Wildman–Crippen MR) is 77.9 cm³/mol. The molecule has 2 amide bonds. The van der Waals surface area contributed by atoms with Crippen LogP contribution in [0.25, 0.3) is 0 Å². The Morgan fingerprint density at radius 1 is 1.37 bits per heavy atom. The second-order valence-electron chi connectivity index (χ2n) is 5.05. The molecular formula is C14H17BrN2O2. The average molecular weight is 325 g/mol. The highest BCUT2D eigenvalue weighted by Gasteiger charge is 2.35. The largest absolute Gasteiger partial charge is 0.354 e. The van der Waals surface area contributed by atoms with Gasteiger partial charge in [-0.05, 0) is 38.1 Å². The highest BCUT2D eigenvalue weighted by molar-refractivity contribution is 9.10. The molecular weight excluding hydrogens is 308 g/mol. The number of anilines is 1. The van der Waals surface area contributed by atoms with E-state index in [4.69, 9.17) is 0 Å². The lowest BCUT2D eigenvalue weighted by Crippen LogP contribution is -2.36. The molecule has 1 aliphatic heterocycles. The van der Waals surface area contributed by atoms with Crippen molar-refractivity contribution >= 4 is 33.4 Å². The summed E-state index contributed by atoms with van der Waals surface area (Å²) in [5, 5.41) is 2.86. The van der Waals surface area contributed by atoms with E-state index < -0.39 is 0 Å². The Morgan fingerprint density at radius 3 is 2.58 bits per heavy atom. The Hall–Kier alpha value is -1.36. The van der Waals surface area contributed by atoms with E-state index in [0.717, 1.165) is 10.2 Å². The maximum Gasteiger partial charge on any atom is 0.227 e. The summed E-state index contributed by atoms with van der Waals surface area (Å²) in [6, 6.07) is 7.65. The number of carbonyl (C=O) groups is 2. The summed E-state index contributed by atoms with van der Waals surface area (Å²) in [6.45, 7) is 4.29. The Balaban J connectivity index is 2.07. The zero-order valence-electron chi connectivity index (χ0n) is 11.0. The molecule has 1 aliphatic rings. The molecule has 4 nitrogen and oxygen atoms in total. The molecule has 102 valence electrons. The van der Waals surface area contributed by atoms with E-state index >= 15 is 0 Å². The normalized spacial score (nSPS) is 19.1. The van der Waals surface area contributed by atoms with Crippen molar-refractivity contribution in [1.29, 1.82) is 0 Å². The van der Waals surface area contributed by atoms with Gasteiger partial charge < -0.3 is 10.2 Å². The summed E-state index contributed by atoms with van der Waals surface area (Å²) in [5.41, 5.74) is 0.841. The van der Waals surface area contributed by atoms with Crippen molar-refractivity contribution in [3.63, 3.8) is 0 Å². The third-order valence-electron chi connectivity index (χ3n) is 3.07. The van der Waals surface area contributed by atoms with Gasteiger partial charge in [0.1, 0.15) is 0 Å². The fourth-order valence-corrected chi connectivity index (χ4v) is 2.42. The van der Waals surface area contributed by atoms with Crippen LogP contribution in [0.1, 0.15) is 20.3 Å². The second kappa shape index (κ2) is 5.74. The van der Waals surface area contributed by atoms with Gasteiger partial charge in [-0.2, -0.15) is 0 Å². The maximum atomic E-state index is 12.0. The molecule has 0 spiro atoms. The van der Waals surface area contributed by atoms with Crippen molar-refractivity contribution in [2.75, 3.05) is 11.4 Å². The fourth-order valence-electron chi connectivity index (χ4n) is 2.16. The smallest absolute Gasteiger partial charge is 0.227 e. The Bertz CT molecular complexity index is 485. The first-order valence-electron chi connectivity index (χ1n) is 6.33. The van der Waals surface area contributed by atoms with Gasteiger partial charge in [0.2, 0.25) is 11.8 Å². The van der Waals surface area contributed by atoms with E-state index in [-0.39, 0.29) is 30.2 Å². The van der Waals surface area contributed by atoms with Crippen LogP contribution in [-0.4, -0.2) is 24.4 Å². The number of nitrogens with zero attached hydrogens (tertiary/aromatic N) is 1. The summed E-state index contributed by atoms with van der Waals surface area (Å²) in [7, 11) is 0. The van der Waals surface area contributed by atoms with Crippen molar-refractivity contribution in [2.24, 2.45) is 5.92 Å². The SMILES string of the molecule is CC(C)NC(=O)[C@@H]1CC(=O)N(c2ccc(Br)cc2)C1. The number of amides is 2. The minimum absolute atomic E-state index is 0.00577. The molecule has 1 N–H and O–H groups in total. The lowest BCUT2D eigenvalue weighted by molar-refractivity contribution is -0.126. The van der Waals surface area contributed by atoms with Crippen LogP contribution in [0.4, 0.5) is 5.69 Å². The summed E-state index contributed by atoms with van der Waals surface area (Å²) < 4.78 is 0.969. The summed E-state index contributed by atoms with van der Waals surface area (Å²) in [4.78, 5) is 25.6. The molecule has 5 heteroatoms. The topological polar surface area (TPSA) is 49.4 Å². The van der Waals surface area contributed by atoms with E-state index in [9.17, 15) is 9.59 Å². The summed E-state index contributed by atoms with van der Waals surface area (Å²) in [6.07, 6.45) is 0.286. The molecule has 0 saturated carbocycles. The highest BCUT2D eigenvalue weighted by Crippen LogP contribution is 2.26. The highest BCUT2D eigenvalue weighted by atomic mass is 79.9. The van der Waals surface area contributed by atoms with Crippen molar-refractivity contribution in [2.45, 2.75) is 26.3 Å². The molecule has 1 aromatic rings. The standard InChI is InChI=1S/C14H17BrN2O2/c1-9(2)16-14(19)10-7-13(18)17(8-10)12-5-3-11(15)4-6-12/h3-6,9-10H,7-8H2,1-2H3,(H,16,19)/t10-/m1/s1. The van der Waals surface area contributed by atoms with Gasteiger partial charge in [-0.1, -0.05) is 15.9 Å². The quantitative estimate of drug-likeness (QED) is 0.927. The fraction of sp³-hybridized carbons (Fsp3) is 0.429. The Morgan fingerprint density at radius 2 is 2.00 bits per heavy atom. The van der Waals surface area contributed by atoms with Crippen molar-refractivity contribution in [1.82, 2.24) is 5.32 Å². The molecule has 0 aromatic heterocycles. The number of hydrogen-bond donors (Lipinski definition) is 1. The first-order valence-corrected chi connectivity index (χ1v) is 7.13.